The molecule has 2 aliphatic heterocycles. The summed E-state index contributed by atoms with van der Waals surface area (Å²) in [6, 6.07) is 16.7. The lowest BCUT2D eigenvalue weighted by Crippen LogP contribution is -2.42. The second kappa shape index (κ2) is 8.33. The van der Waals surface area contributed by atoms with Gasteiger partial charge in [0, 0.05) is 18.7 Å². The number of benzene rings is 2. The number of aliphatic hydroxyl groups excluding tert-OH is 1. The van der Waals surface area contributed by atoms with Crippen molar-refractivity contribution < 1.29 is 14.6 Å². The molecule has 0 saturated carbocycles. The first-order chi connectivity index (χ1) is 13.7. The number of ether oxygens (including phenoxy) is 1. The van der Waals surface area contributed by atoms with E-state index in [2.05, 4.69) is 46.6 Å². The van der Waals surface area contributed by atoms with Gasteiger partial charge in [0.2, 0.25) is 0 Å². The third-order valence-corrected chi connectivity index (χ3v) is 6.21. The molecule has 5 nitrogen and oxygen atoms in total. The predicted octanol–water partition coefficient (Wildman–Crippen LogP) is 3.96. The van der Waals surface area contributed by atoms with Crippen molar-refractivity contribution in [2.24, 2.45) is 5.41 Å². The molecule has 2 N–H and O–H groups in total. The number of anilines is 1. The van der Waals surface area contributed by atoms with Gasteiger partial charge in [-0.15, -0.1) is 0 Å². The zero-order valence-corrected chi connectivity index (χ0v) is 16.2. The van der Waals surface area contributed by atoms with Crippen LogP contribution in [0.2, 0.25) is 0 Å². The van der Waals surface area contributed by atoms with Crippen molar-refractivity contribution in [2.45, 2.75) is 38.8 Å². The standard InChI is InChI=1S/C23H28N2O3/c26-17-23(9-8-18-4-2-1-3-5-18)10-12-25(13-11-23)15-19-6-7-21-20(14-19)16-28-22(27)24-21/h1-7,14,26H,8-13,15-17H2,(H,24,27). The summed E-state index contributed by atoms with van der Waals surface area (Å²) < 4.78 is 5.06. The van der Waals surface area contributed by atoms with Crippen LogP contribution in [-0.4, -0.2) is 35.8 Å². The van der Waals surface area contributed by atoms with Crippen molar-refractivity contribution in [3.63, 3.8) is 0 Å². The van der Waals surface area contributed by atoms with E-state index in [0.29, 0.717) is 6.61 Å². The Morgan fingerprint density at radius 1 is 1.07 bits per heavy atom. The number of carbonyl (C=O) groups excluding carboxylic acids is 1. The number of amides is 1. The maximum Gasteiger partial charge on any atom is 0.411 e. The Bertz CT molecular complexity index is 814. The van der Waals surface area contributed by atoms with Gasteiger partial charge in [-0.3, -0.25) is 10.2 Å². The summed E-state index contributed by atoms with van der Waals surface area (Å²) in [6.07, 6.45) is 3.74. The van der Waals surface area contributed by atoms with E-state index in [4.69, 9.17) is 4.74 Å². The molecule has 5 heteroatoms. The van der Waals surface area contributed by atoms with Crippen molar-refractivity contribution >= 4 is 11.8 Å². The van der Waals surface area contributed by atoms with Crippen LogP contribution in [0.25, 0.3) is 0 Å². The molecule has 0 spiro atoms. The molecule has 1 fully saturated rings. The van der Waals surface area contributed by atoms with E-state index < -0.39 is 0 Å². The van der Waals surface area contributed by atoms with Gasteiger partial charge < -0.3 is 9.84 Å². The third-order valence-electron chi connectivity index (χ3n) is 6.21. The fourth-order valence-corrected chi connectivity index (χ4v) is 4.26. The van der Waals surface area contributed by atoms with Crippen molar-refractivity contribution in [2.75, 3.05) is 25.0 Å². The number of hydrogen-bond acceptors (Lipinski definition) is 4. The van der Waals surface area contributed by atoms with Crippen molar-refractivity contribution in [3.8, 4) is 0 Å². The molecule has 2 aromatic carbocycles. The number of carbonyl (C=O) groups is 1. The fourth-order valence-electron chi connectivity index (χ4n) is 4.26. The van der Waals surface area contributed by atoms with Crippen LogP contribution >= 0.6 is 0 Å². The number of piperidine rings is 1. The molecule has 28 heavy (non-hydrogen) atoms. The highest BCUT2D eigenvalue weighted by Crippen LogP contribution is 2.36. The van der Waals surface area contributed by atoms with Crippen LogP contribution in [-0.2, 0) is 24.3 Å². The van der Waals surface area contributed by atoms with Gasteiger partial charge in [-0.25, -0.2) is 4.79 Å². The number of likely N-dealkylation sites (tertiary alicyclic amines) is 1. The van der Waals surface area contributed by atoms with E-state index in [0.717, 1.165) is 56.6 Å². The number of nitrogens with one attached hydrogen (secondary N) is 1. The first-order valence-corrected chi connectivity index (χ1v) is 10.1. The van der Waals surface area contributed by atoms with Crippen LogP contribution in [0.15, 0.2) is 48.5 Å². The van der Waals surface area contributed by atoms with Gasteiger partial charge in [-0.1, -0.05) is 36.4 Å². The monoisotopic (exact) mass is 380 g/mol. The molecule has 0 aromatic heterocycles. The second-order valence-corrected chi connectivity index (χ2v) is 8.11. The molecule has 0 radical (unpaired) electrons. The summed E-state index contributed by atoms with van der Waals surface area (Å²) in [5, 5.41) is 12.8. The molecule has 1 saturated heterocycles. The van der Waals surface area contributed by atoms with E-state index in [-0.39, 0.29) is 18.1 Å². The first-order valence-electron chi connectivity index (χ1n) is 10.1. The number of cyclic esters (lactones) is 1. The van der Waals surface area contributed by atoms with Gasteiger partial charge in [-0.05, 0) is 67.4 Å². The second-order valence-electron chi connectivity index (χ2n) is 8.11. The highest BCUT2D eigenvalue weighted by Gasteiger charge is 2.33. The largest absolute Gasteiger partial charge is 0.444 e. The van der Waals surface area contributed by atoms with Crippen LogP contribution in [0.5, 0.6) is 0 Å². The van der Waals surface area contributed by atoms with E-state index >= 15 is 0 Å². The third kappa shape index (κ3) is 4.37. The molecule has 0 unspecified atom stereocenters. The Morgan fingerprint density at radius 3 is 2.61 bits per heavy atom. The number of rotatable bonds is 6. The normalized spacial score (nSPS) is 18.8. The van der Waals surface area contributed by atoms with Crippen LogP contribution in [0, 0.1) is 5.41 Å². The number of fused-ring (bicyclic) bond motifs is 1. The number of aliphatic hydroxyl groups is 1. The summed E-state index contributed by atoms with van der Waals surface area (Å²) >= 11 is 0. The van der Waals surface area contributed by atoms with Gasteiger partial charge in [0.05, 0.1) is 5.69 Å². The molecular weight excluding hydrogens is 352 g/mol. The smallest absolute Gasteiger partial charge is 0.411 e. The minimum Gasteiger partial charge on any atom is -0.444 e. The fraction of sp³-hybridized carbons (Fsp3) is 0.435. The Kier molecular flexibility index (Phi) is 5.64. The van der Waals surface area contributed by atoms with Crippen LogP contribution in [0.4, 0.5) is 10.5 Å². The molecule has 148 valence electrons. The summed E-state index contributed by atoms with van der Waals surface area (Å²) in [4.78, 5) is 13.8. The zero-order chi connectivity index (χ0) is 19.4. The molecule has 0 aliphatic carbocycles. The molecule has 2 aromatic rings. The zero-order valence-electron chi connectivity index (χ0n) is 16.2. The lowest BCUT2D eigenvalue weighted by Gasteiger charge is -2.41. The van der Waals surface area contributed by atoms with Gasteiger partial charge in [0.25, 0.3) is 0 Å². The molecule has 2 heterocycles. The molecular formula is C23H28N2O3. The molecule has 0 bridgehead atoms. The van der Waals surface area contributed by atoms with Crippen molar-refractivity contribution in [1.29, 1.82) is 0 Å². The summed E-state index contributed by atoms with van der Waals surface area (Å²) in [6.45, 7) is 3.49. The lowest BCUT2D eigenvalue weighted by atomic mass is 9.75. The van der Waals surface area contributed by atoms with Crippen LogP contribution < -0.4 is 5.32 Å². The first kappa shape index (κ1) is 19.0. The Labute approximate surface area is 166 Å². The van der Waals surface area contributed by atoms with Gasteiger partial charge in [-0.2, -0.15) is 0 Å². The average molecular weight is 380 g/mol. The number of aryl methyl sites for hydroxylation is 1. The summed E-state index contributed by atoms with van der Waals surface area (Å²) in [5.74, 6) is 0. The number of hydrogen-bond donors (Lipinski definition) is 2. The Morgan fingerprint density at radius 2 is 1.86 bits per heavy atom. The minimum atomic E-state index is -0.382. The molecule has 4 rings (SSSR count). The van der Waals surface area contributed by atoms with Crippen molar-refractivity contribution in [1.82, 2.24) is 4.90 Å². The van der Waals surface area contributed by atoms with Crippen molar-refractivity contribution in [3.05, 3.63) is 65.2 Å². The topological polar surface area (TPSA) is 61.8 Å². The average Bonchev–Trinajstić information content (AvgIpc) is 2.74. The van der Waals surface area contributed by atoms with E-state index in [1.165, 1.54) is 11.1 Å². The lowest BCUT2D eigenvalue weighted by molar-refractivity contribution is 0.0347. The maximum atomic E-state index is 11.3. The van der Waals surface area contributed by atoms with Gasteiger partial charge in [0.15, 0.2) is 0 Å². The molecule has 1 amide bonds. The molecule has 2 aliphatic rings. The Hall–Kier alpha value is -2.37. The highest BCUT2D eigenvalue weighted by molar-refractivity contribution is 5.87. The quantitative estimate of drug-likeness (QED) is 0.796. The van der Waals surface area contributed by atoms with E-state index in [9.17, 15) is 9.90 Å². The van der Waals surface area contributed by atoms with Crippen LogP contribution in [0.3, 0.4) is 0 Å². The maximum absolute atomic E-state index is 11.3. The van der Waals surface area contributed by atoms with Crippen LogP contribution in [0.1, 0.15) is 36.0 Å². The molecule has 0 atom stereocenters. The highest BCUT2D eigenvalue weighted by atomic mass is 16.5. The van der Waals surface area contributed by atoms with E-state index in [1.54, 1.807) is 0 Å². The SMILES string of the molecule is O=C1Nc2ccc(CN3CCC(CO)(CCc4ccccc4)CC3)cc2CO1. The summed E-state index contributed by atoms with van der Waals surface area (Å²) in [7, 11) is 0. The van der Waals surface area contributed by atoms with Gasteiger partial charge >= 0.3 is 6.09 Å². The number of nitrogens with zero attached hydrogens (tertiary/aromatic N) is 1. The Balaban J connectivity index is 1.32. The summed E-state index contributed by atoms with van der Waals surface area (Å²) in [5.41, 5.74) is 4.50. The van der Waals surface area contributed by atoms with Gasteiger partial charge in [0.1, 0.15) is 6.61 Å². The predicted molar refractivity (Wildman–Crippen MR) is 109 cm³/mol. The van der Waals surface area contributed by atoms with E-state index in [1.807, 2.05) is 12.1 Å². The minimum absolute atomic E-state index is 0.0420.